The summed E-state index contributed by atoms with van der Waals surface area (Å²) in [7, 11) is 0. The van der Waals surface area contributed by atoms with E-state index in [1.54, 1.807) is 0 Å². The predicted molar refractivity (Wildman–Crippen MR) is 57.3 cm³/mol. The van der Waals surface area contributed by atoms with Crippen LogP contribution in [0.3, 0.4) is 0 Å². The average Bonchev–Trinajstić information content (AvgIpc) is 2.11. The van der Waals surface area contributed by atoms with Crippen LogP contribution < -0.4 is 5.32 Å². The van der Waals surface area contributed by atoms with Gasteiger partial charge in [-0.1, -0.05) is 17.7 Å². The van der Waals surface area contributed by atoms with Crippen LogP contribution in [0.15, 0.2) is 24.3 Å². The Morgan fingerprint density at radius 3 is 2.71 bits per heavy atom. The van der Waals surface area contributed by atoms with Crippen LogP contribution in [-0.2, 0) is 0 Å². The number of halogens is 1. The van der Waals surface area contributed by atoms with Crippen LogP contribution in [0.1, 0.15) is 19.3 Å². The highest BCUT2D eigenvalue weighted by atomic mass is 35.5. The molecule has 2 rings (SSSR count). The van der Waals surface area contributed by atoms with Crippen LogP contribution in [-0.4, -0.2) is 5.54 Å². The fraction of sp³-hybridized carbons (Fsp3) is 0.364. The van der Waals surface area contributed by atoms with Crippen molar-refractivity contribution in [1.82, 2.24) is 0 Å². The van der Waals surface area contributed by atoms with E-state index in [4.69, 9.17) is 16.9 Å². The molecule has 2 nitrogen and oxygen atoms in total. The predicted octanol–water partition coefficient (Wildman–Crippen LogP) is 3.20. The van der Waals surface area contributed by atoms with Crippen LogP contribution in [0, 0.1) is 11.3 Å². The van der Waals surface area contributed by atoms with Crippen LogP contribution in [0.4, 0.5) is 5.69 Å². The summed E-state index contributed by atoms with van der Waals surface area (Å²) in [6.07, 6.45) is 2.98. The quantitative estimate of drug-likeness (QED) is 0.807. The molecule has 1 N–H and O–H groups in total. The van der Waals surface area contributed by atoms with Gasteiger partial charge in [-0.25, -0.2) is 0 Å². The lowest BCUT2D eigenvalue weighted by atomic mass is 9.78. The van der Waals surface area contributed by atoms with Gasteiger partial charge in [-0.05, 0) is 37.5 Å². The summed E-state index contributed by atoms with van der Waals surface area (Å²) < 4.78 is 0. The molecule has 1 aromatic rings. The minimum atomic E-state index is -0.343. The summed E-state index contributed by atoms with van der Waals surface area (Å²) in [6.45, 7) is 0. The summed E-state index contributed by atoms with van der Waals surface area (Å²) in [5, 5.41) is 13.0. The molecule has 0 heterocycles. The zero-order valence-electron chi connectivity index (χ0n) is 7.76. The highest BCUT2D eigenvalue weighted by molar-refractivity contribution is 6.30. The first kappa shape index (κ1) is 9.36. The molecule has 0 bridgehead atoms. The van der Waals surface area contributed by atoms with Crippen molar-refractivity contribution in [2.24, 2.45) is 0 Å². The average molecular weight is 207 g/mol. The largest absolute Gasteiger partial charge is 0.367 e. The minimum Gasteiger partial charge on any atom is -0.367 e. The molecule has 1 aliphatic rings. The monoisotopic (exact) mass is 206 g/mol. The van der Waals surface area contributed by atoms with E-state index in [0.29, 0.717) is 5.02 Å². The Balaban J connectivity index is 2.14. The Bertz CT molecular complexity index is 377. The van der Waals surface area contributed by atoms with Crippen LogP contribution >= 0.6 is 11.6 Å². The summed E-state index contributed by atoms with van der Waals surface area (Å²) in [6, 6.07) is 9.82. The Labute approximate surface area is 88.5 Å². The standard InChI is InChI=1S/C11H11ClN2/c12-9-3-1-4-10(7-9)14-11(8-13)5-2-6-11/h1,3-4,7,14H,2,5-6H2. The van der Waals surface area contributed by atoms with Gasteiger partial charge in [0.15, 0.2) is 0 Å². The van der Waals surface area contributed by atoms with E-state index in [9.17, 15) is 0 Å². The first-order valence-electron chi connectivity index (χ1n) is 4.69. The lowest BCUT2D eigenvalue weighted by Gasteiger charge is -2.36. The first-order chi connectivity index (χ1) is 6.74. The molecular formula is C11H11ClN2. The van der Waals surface area contributed by atoms with Crippen molar-refractivity contribution in [2.45, 2.75) is 24.8 Å². The molecular weight excluding hydrogens is 196 g/mol. The molecule has 3 heteroatoms. The van der Waals surface area contributed by atoms with Crippen molar-refractivity contribution in [3.63, 3.8) is 0 Å². The maximum Gasteiger partial charge on any atom is 0.125 e. The number of nitrogens with zero attached hydrogens (tertiary/aromatic N) is 1. The van der Waals surface area contributed by atoms with Crippen LogP contribution in [0.25, 0.3) is 0 Å². The van der Waals surface area contributed by atoms with Gasteiger partial charge < -0.3 is 5.32 Å². The zero-order valence-corrected chi connectivity index (χ0v) is 8.51. The van der Waals surface area contributed by atoms with Gasteiger partial charge in [-0.2, -0.15) is 5.26 Å². The molecule has 14 heavy (non-hydrogen) atoms. The summed E-state index contributed by atoms with van der Waals surface area (Å²) in [4.78, 5) is 0. The molecule has 1 fully saturated rings. The molecule has 0 atom stereocenters. The molecule has 1 aromatic carbocycles. The zero-order chi connectivity index (χ0) is 10.0. The number of hydrogen-bond donors (Lipinski definition) is 1. The second-order valence-corrected chi connectivity index (χ2v) is 4.12. The Morgan fingerprint density at radius 2 is 2.21 bits per heavy atom. The maximum atomic E-state index is 9.02. The molecule has 0 radical (unpaired) electrons. The van der Waals surface area contributed by atoms with Crippen molar-refractivity contribution in [3.8, 4) is 6.07 Å². The Morgan fingerprint density at radius 1 is 1.43 bits per heavy atom. The lowest BCUT2D eigenvalue weighted by Crippen LogP contribution is -2.43. The van der Waals surface area contributed by atoms with E-state index in [0.717, 1.165) is 24.9 Å². The Hall–Kier alpha value is -1.20. The number of nitrogens with one attached hydrogen (secondary N) is 1. The first-order valence-corrected chi connectivity index (χ1v) is 5.07. The van der Waals surface area contributed by atoms with Crippen molar-refractivity contribution in [2.75, 3.05) is 5.32 Å². The van der Waals surface area contributed by atoms with Gasteiger partial charge in [0.25, 0.3) is 0 Å². The van der Waals surface area contributed by atoms with E-state index in [-0.39, 0.29) is 5.54 Å². The van der Waals surface area contributed by atoms with Gasteiger partial charge >= 0.3 is 0 Å². The second-order valence-electron chi connectivity index (χ2n) is 3.68. The number of nitriles is 1. The number of hydrogen-bond acceptors (Lipinski definition) is 2. The molecule has 1 saturated carbocycles. The second kappa shape index (κ2) is 3.51. The summed E-state index contributed by atoms with van der Waals surface area (Å²) in [5.74, 6) is 0. The molecule has 1 aliphatic carbocycles. The minimum absolute atomic E-state index is 0.343. The smallest absolute Gasteiger partial charge is 0.125 e. The van der Waals surface area contributed by atoms with E-state index in [2.05, 4.69) is 11.4 Å². The summed E-state index contributed by atoms with van der Waals surface area (Å²) >= 11 is 5.86. The highest BCUT2D eigenvalue weighted by Gasteiger charge is 2.36. The molecule has 72 valence electrons. The maximum absolute atomic E-state index is 9.02. The van der Waals surface area contributed by atoms with Crippen molar-refractivity contribution >= 4 is 17.3 Å². The third-order valence-electron chi connectivity index (χ3n) is 2.63. The van der Waals surface area contributed by atoms with E-state index in [1.807, 2.05) is 24.3 Å². The molecule has 0 unspecified atom stereocenters. The summed E-state index contributed by atoms with van der Waals surface area (Å²) in [5.41, 5.74) is 0.587. The normalized spacial score (nSPS) is 18.0. The van der Waals surface area contributed by atoms with Gasteiger partial charge in [-0.3, -0.25) is 0 Å². The van der Waals surface area contributed by atoms with Gasteiger partial charge in [0, 0.05) is 10.7 Å². The van der Waals surface area contributed by atoms with Gasteiger partial charge in [-0.15, -0.1) is 0 Å². The molecule has 0 saturated heterocycles. The van der Waals surface area contributed by atoms with Gasteiger partial charge in [0.05, 0.1) is 6.07 Å². The van der Waals surface area contributed by atoms with Crippen molar-refractivity contribution < 1.29 is 0 Å². The number of anilines is 1. The number of benzene rings is 1. The van der Waals surface area contributed by atoms with E-state index < -0.39 is 0 Å². The van der Waals surface area contributed by atoms with Gasteiger partial charge in [0.1, 0.15) is 5.54 Å². The SMILES string of the molecule is N#CC1(Nc2cccc(Cl)c2)CCC1. The molecule has 0 spiro atoms. The fourth-order valence-electron chi connectivity index (χ4n) is 1.64. The van der Waals surface area contributed by atoms with Crippen LogP contribution in [0.5, 0.6) is 0 Å². The van der Waals surface area contributed by atoms with E-state index >= 15 is 0 Å². The third kappa shape index (κ3) is 1.69. The Kier molecular flexibility index (Phi) is 2.35. The molecule has 0 aromatic heterocycles. The third-order valence-corrected chi connectivity index (χ3v) is 2.86. The van der Waals surface area contributed by atoms with E-state index in [1.165, 1.54) is 0 Å². The fourth-order valence-corrected chi connectivity index (χ4v) is 1.83. The van der Waals surface area contributed by atoms with Crippen molar-refractivity contribution in [1.29, 1.82) is 5.26 Å². The highest BCUT2D eigenvalue weighted by Crippen LogP contribution is 2.34. The number of rotatable bonds is 2. The molecule has 0 aliphatic heterocycles. The molecule has 0 amide bonds. The topological polar surface area (TPSA) is 35.8 Å². The lowest BCUT2D eigenvalue weighted by molar-refractivity contribution is 0.356. The van der Waals surface area contributed by atoms with Crippen molar-refractivity contribution in [3.05, 3.63) is 29.3 Å². The van der Waals surface area contributed by atoms with Gasteiger partial charge in [0.2, 0.25) is 0 Å². The van der Waals surface area contributed by atoms with Crippen LogP contribution in [0.2, 0.25) is 5.02 Å².